The van der Waals surface area contributed by atoms with E-state index < -0.39 is 0 Å². The molecule has 0 spiro atoms. The van der Waals surface area contributed by atoms with Gasteiger partial charge >= 0.3 is 0 Å². The molecule has 21 heavy (non-hydrogen) atoms. The fourth-order valence-corrected chi connectivity index (χ4v) is 2.94. The van der Waals surface area contributed by atoms with Crippen molar-refractivity contribution >= 4 is 17.4 Å². The number of hydrogen-bond donors (Lipinski definition) is 1. The zero-order valence-corrected chi connectivity index (χ0v) is 13.2. The van der Waals surface area contributed by atoms with E-state index in [2.05, 4.69) is 11.5 Å². The number of rotatable bonds is 5. The number of nitrogen functional groups attached to an aromatic ring is 1. The van der Waals surface area contributed by atoms with Crippen molar-refractivity contribution in [3.05, 3.63) is 29.0 Å². The van der Waals surface area contributed by atoms with Gasteiger partial charge in [0.2, 0.25) is 0 Å². The summed E-state index contributed by atoms with van der Waals surface area (Å²) < 4.78 is 7.57. The van der Waals surface area contributed by atoms with Crippen LogP contribution in [-0.4, -0.2) is 16.7 Å². The minimum atomic E-state index is 0.543. The molecule has 0 aliphatic heterocycles. The Kier molecular flexibility index (Phi) is 3.81. The van der Waals surface area contributed by atoms with Crippen LogP contribution in [0.5, 0.6) is 5.75 Å². The summed E-state index contributed by atoms with van der Waals surface area (Å²) in [7, 11) is 1.64. The molecule has 0 amide bonds. The van der Waals surface area contributed by atoms with E-state index in [0.717, 1.165) is 30.0 Å². The number of ether oxygens (including phenoxy) is 1. The molecular weight excluding hydrogens is 286 g/mol. The average molecular weight is 306 g/mol. The molecule has 112 valence electrons. The van der Waals surface area contributed by atoms with E-state index in [0.29, 0.717) is 22.5 Å². The first-order chi connectivity index (χ1) is 10.2. The largest absolute Gasteiger partial charge is 0.496 e. The molecule has 2 aromatic rings. The molecule has 0 bridgehead atoms. The van der Waals surface area contributed by atoms with E-state index in [1.165, 1.54) is 12.8 Å². The normalized spacial score (nSPS) is 14.4. The molecule has 1 heterocycles. The van der Waals surface area contributed by atoms with Crippen LogP contribution in [0.1, 0.15) is 37.9 Å². The second kappa shape index (κ2) is 5.60. The monoisotopic (exact) mass is 305 g/mol. The molecule has 1 aromatic carbocycles. The molecule has 1 aliphatic rings. The molecule has 3 rings (SSSR count). The van der Waals surface area contributed by atoms with Crippen molar-refractivity contribution in [2.75, 3.05) is 12.8 Å². The quantitative estimate of drug-likeness (QED) is 0.905. The number of aromatic nitrogens is 2. The number of hydrogen-bond acceptors (Lipinski definition) is 3. The van der Waals surface area contributed by atoms with Gasteiger partial charge in [-0.25, -0.2) is 4.98 Å². The first kappa shape index (κ1) is 14.3. The average Bonchev–Trinajstić information content (AvgIpc) is 3.27. The maximum Gasteiger partial charge on any atom is 0.131 e. The van der Waals surface area contributed by atoms with E-state index in [4.69, 9.17) is 27.1 Å². The Labute approximate surface area is 129 Å². The number of halogens is 1. The van der Waals surface area contributed by atoms with Gasteiger partial charge < -0.3 is 15.0 Å². The van der Waals surface area contributed by atoms with Crippen molar-refractivity contribution in [3.63, 3.8) is 0 Å². The molecular formula is C16H20ClN3O. The molecule has 0 radical (unpaired) electrons. The van der Waals surface area contributed by atoms with Crippen LogP contribution in [0.2, 0.25) is 5.02 Å². The van der Waals surface area contributed by atoms with E-state index in [9.17, 15) is 0 Å². The van der Waals surface area contributed by atoms with Gasteiger partial charge in [-0.15, -0.1) is 0 Å². The maximum atomic E-state index is 6.37. The number of nitrogens with two attached hydrogens (primary N) is 1. The zero-order valence-electron chi connectivity index (χ0n) is 12.4. The molecule has 0 saturated heterocycles. The third-order valence-electron chi connectivity index (χ3n) is 3.86. The fraction of sp³-hybridized carbons (Fsp3) is 0.438. The van der Waals surface area contributed by atoms with E-state index in [1.807, 2.05) is 18.2 Å². The zero-order chi connectivity index (χ0) is 15.0. The maximum absolute atomic E-state index is 6.37. The number of methoxy groups -OCH3 is 1. The summed E-state index contributed by atoms with van der Waals surface area (Å²) in [4.78, 5) is 4.80. The standard InChI is InChI=1S/C16H20ClN3O/c1-3-9-20-15(18)14(19-16(20)10-7-8-10)13-11(17)5-4-6-12(13)21-2/h4-6,10H,3,7-9,18H2,1-2H3. The highest BCUT2D eigenvalue weighted by molar-refractivity contribution is 6.33. The second-order valence-corrected chi connectivity index (χ2v) is 5.85. The van der Waals surface area contributed by atoms with Crippen LogP contribution in [0.4, 0.5) is 5.82 Å². The number of anilines is 1. The highest BCUT2D eigenvalue weighted by atomic mass is 35.5. The van der Waals surface area contributed by atoms with E-state index in [1.54, 1.807) is 7.11 Å². The van der Waals surface area contributed by atoms with Gasteiger partial charge in [0.1, 0.15) is 23.1 Å². The molecule has 0 atom stereocenters. The Bertz CT molecular complexity index is 662. The lowest BCUT2D eigenvalue weighted by Crippen LogP contribution is -2.06. The molecule has 1 aliphatic carbocycles. The van der Waals surface area contributed by atoms with Gasteiger partial charge in [0.15, 0.2) is 0 Å². The van der Waals surface area contributed by atoms with Crippen LogP contribution in [0.15, 0.2) is 18.2 Å². The summed E-state index contributed by atoms with van der Waals surface area (Å²) in [6, 6.07) is 5.59. The Morgan fingerprint density at radius 1 is 1.43 bits per heavy atom. The van der Waals surface area contributed by atoms with Crippen molar-refractivity contribution in [1.29, 1.82) is 0 Å². The SMILES string of the molecule is CCCn1c(C2CC2)nc(-c2c(Cl)cccc2OC)c1N. The lowest BCUT2D eigenvalue weighted by atomic mass is 10.1. The van der Waals surface area contributed by atoms with Crippen LogP contribution >= 0.6 is 11.6 Å². The van der Waals surface area contributed by atoms with Crippen molar-refractivity contribution in [2.24, 2.45) is 0 Å². The van der Waals surface area contributed by atoms with Crippen LogP contribution in [0, 0.1) is 0 Å². The predicted octanol–water partition coefficient (Wildman–Crippen LogP) is 4.08. The van der Waals surface area contributed by atoms with Gasteiger partial charge in [0.05, 0.1) is 17.7 Å². The first-order valence-corrected chi connectivity index (χ1v) is 7.73. The molecule has 4 nitrogen and oxygen atoms in total. The summed E-state index contributed by atoms with van der Waals surface area (Å²) in [5.74, 6) is 3.02. The molecule has 2 N–H and O–H groups in total. The second-order valence-electron chi connectivity index (χ2n) is 5.45. The predicted molar refractivity (Wildman–Crippen MR) is 85.9 cm³/mol. The highest BCUT2D eigenvalue weighted by Crippen LogP contribution is 2.45. The van der Waals surface area contributed by atoms with E-state index >= 15 is 0 Å². The summed E-state index contributed by atoms with van der Waals surface area (Å²) in [5.41, 5.74) is 7.90. The summed E-state index contributed by atoms with van der Waals surface area (Å²) in [5, 5.41) is 0.615. The Morgan fingerprint density at radius 3 is 2.81 bits per heavy atom. The van der Waals surface area contributed by atoms with Crippen LogP contribution < -0.4 is 10.5 Å². The van der Waals surface area contributed by atoms with Crippen LogP contribution in [-0.2, 0) is 6.54 Å². The van der Waals surface area contributed by atoms with Crippen molar-refractivity contribution in [2.45, 2.75) is 38.6 Å². The highest BCUT2D eigenvalue weighted by Gasteiger charge is 2.31. The molecule has 0 unspecified atom stereocenters. The van der Waals surface area contributed by atoms with Gasteiger partial charge in [0, 0.05) is 12.5 Å². The summed E-state index contributed by atoms with van der Waals surface area (Å²) in [6.07, 6.45) is 3.41. The molecule has 5 heteroatoms. The van der Waals surface area contributed by atoms with E-state index in [-0.39, 0.29) is 0 Å². The lowest BCUT2D eigenvalue weighted by Gasteiger charge is -2.10. The van der Waals surface area contributed by atoms with Crippen LogP contribution in [0.25, 0.3) is 11.3 Å². The van der Waals surface area contributed by atoms with Crippen molar-refractivity contribution in [3.8, 4) is 17.0 Å². The minimum absolute atomic E-state index is 0.543. The third-order valence-corrected chi connectivity index (χ3v) is 4.17. The smallest absolute Gasteiger partial charge is 0.131 e. The number of benzene rings is 1. The van der Waals surface area contributed by atoms with Gasteiger partial charge in [-0.2, -0.15) is 0 Å². The van der Waals surface area contributed by atoms with Crippen LogP contribution in [0.3, 0.4) is 0 Å². The Morgan fingerprint density at radius 2 is 2.19 bits per heavy atom. The Hall–Kier alpha value is -1.68. The summed E-state index contributed by atoms with van der Waals surface area (Å²) >= 11 is 6.36. The fourth-order valence-electron chi connectivity index (χ4n) is 2.68. The van der Waals surface area contributed by atoms with Gasteiger partial charge in [0.25, 0.3) is 0 Å². The molecule has 1 fully saturated rings. The number of imidazole rings is 1. The first-order valence-electron chi connectivity index (χ1n) is 7.36. The van der Waals surface area contributed by atoms with Gasteiger partial charge in [-0.1, -0.05) is 24.6 Å². The van der Waals surface area contributed by atoms with Gasteiger partial charge in [-0.3, -0.25) is 0 Å². The number of nitrogens with zero attached hydrogens (tertiary/aromatic N) is 2. The van der Waals surface area contributed by atoms with Crippen molar-refractivity contribution < 1.29 is 4.74 Å². The molecule has 1 aromatic heterocycles. The van der Waals surface area contributed by atoms with Crippen molar-refractivity contribution in [1.82, 2.24) is 9.55 Å². The van der Waals surface area contributed by atoms with Gasteiger partial charge in [-0.05, 0) is 31.4 Å². The minimum Gasteiger partial charge on any atom is -0.496 e. The summed E-state index contributed by atoms with van der Waals surface area (Å²) in [6.45, 7) is 3.03. The lowest BCUT2D eigenvalue weighted by molar-refractivity contribution is 0.416. The third kappa shape index (κ3) is 2.48. The Balaban J connectivity index is 2.17. The molecule has 1 saturated carbocycles. The topological polar surface area (TPSA) is 53.1 Å².